The summed E-state index contributed by atoms with van der Waals surface area (Å²) in [6, 6.07) is 7.56. The second kappa shape index (κ2) is 10.6. The molecule has 2 N–H and O–H groups in total. The summed E-state index contributed by atoms with van der Waals surface area (Å²) in [4.78, 5) is 22.6. The quantitative estimate of drug-likeness (QED) is 0.633. The SMILES string of the molecule is CCCCSC(C)C(=O)Nc1cccc(CSCC(=O)O)c1. The normalized spacial score (nSPS) is 11.9. The molecule has 6 heteroatoms. The number of carboxylic acid groups (broad SMARTS) is 1. The van der Waals surface area contributed by atoms with Crippen molar-refractivity contribution in [2.45, 2.75) is 37.7 Å². The van der Waals surface area contributed by atoms with Crippen molar-refractivity contribution in [3.05, 3.63) is 29.8 Å². The fourth-order valence-corrected chi connectivity index (χ4v) is 3.43. The van der Waals surface area contributed by atoms with Crippen molar-refractivity contribution in [2.24, 2.45) is 0 Å². The van der Waals surface area contributed by atoms with Crippen LogP contribution in [0.2, 0.25) is 0 Å². The third-order valence-corrected chi connectivity index (χ3v) is 5.15. The maximum Gasteiger partial charge on any atom is 0.313 e. The maximum atomic E-state index is 12.1. The fraction of sp³-hybridized carbons (Fsp3) is 0.500. The van der Waals surface area contributed by atoms with Gasteiger partial charge in [0.25, 0.3) is 0 Å². The molecule has 0 saturated carbocycles. The smallest absolute Gasteiger partial charge is 0.313 e. The Morgan fingerprint density at radius 2 is 2.14 bits per heavy atom. The Bertz CT molecular complexity index is 494. The van der Waals surface area contributed by atoms with Gasteiger partial charge in [-0.1, -0.05) is 25.5 Å². The Hall–Kier alpha value is -1.14. The van der Waals surface area contributed by atoms with Crippen molar-refractivity contribution < 1.29 is 14.7 Å². The van der Waals surface area contributed by atoms with Gasteiger partial charge >= 0.3 is 5.97 Å². The topological polar surface area (TPSA) is 66.4 Å². The third-order valence-electron chi connectivity index (χ3n) is 2.92. The minimum atomic E-state index is -0.813. The molecule has 1 amide bonds. The Balaban J connectivity index is 2.47. The molecule has 1 rings (SSSR count). The van der Waals surface area contributed by atoms with Gasteiger partial charge in [-0.25, -0.2) is 0 Å². The molecule has 0 aliphatic rings. The third kappa shape index (κ3) is 7.75. The lowest BCUT2D eigenvalue weighted by molar-refractivity contribution is -0.133. The van der Waals surface area contributed by atoms with Crippen LogP contribution in [0.5, 0.6) is 0 Å². The highest BCUT2D eigenvalue weighted by Crippen LogP contribution is 2.19. The van der Waals surface area contributed by atoms with Crippen LogP contribution in [0.4, 0.5) is 5.69 Å². The van der Waals surface area contributed by atoms with E-state index in [0.717, 1.165) is 29.8 Å². The van der Waals surface area contributed by atoms with Crippen LogP contribution in [0.1, 0.15) is 32.3 Å². The van der Waals surface area contributed by atoms with Gasteiger partial charge in [0.1, 0.15) is 0 Å². The molecular formula is C16H23NO3S2. The number of amides is 1. The summed E-state index contributed by atoms with van der Waals surface area (Å²) in [5.41, 5.74) is 1.77. The van der Waals surface area contributed by atoms with Gasteiger partial charge < -0.3 is 10.4 Å². The molecule has 1 unspecified atom stereocenters. The Morgan fingerprint density at radius 1 is 1.36 bits per heavy atom. The molecule has 1 aromatic carbocycles. The highest BCUT2D eigenvalue weighted by Gasteiger charge is 2.13. The van der Waals surface area contributed by atoms with Crippen LogP contribution in [0.25, 0.3) is 0 Å². The first kappa shape index (κ1) is 18.9. The molecule has 0 aliphatic heterocycles. The highest BCUT2D eigenvalue weighted by molar-refractivity contribution is 8.00. The van der Waals surface area contributed by atoms with Gasteiger partial charge in [-0.05, 0) is 36.8 Å². The van der Waals surface area contributed by atoms with E-state index < -0.39 is 5.97 Å². The van der Waals surface area contributed by atoms with E-state index in [0.29, 0.717) is 5.75 Å². The second-order valence-corrected chi connectivity index (χ2v) is 7.38. The van der Waals surface area contributed by atoms with Gasteiger partial charge in [0.15, 0.2) is 0 Å². The van der Waals surface area contributed by atoms with E-state index in [-0.39, 0.29) is 16.9 Å². The number of unbranched alkanes of at least 4 members (excludes halogenated alkanes) is 1. The molecule has 0 heterocycles. The van der Waals surface area contributed by atoms with Gasteiger partial charge in [0, 0.05) is 11.4 Å². The molecule has 0 saturated heterocycles. The number of anilines is 1. The van der Waals surface area contributed by atoms with Gasteiger partial charge in [-0.3, -0.25) is 9.59 Å². The largest absolute Gasteiger partial charge is 0.481 e. The zero-order chi connectivity index (χ0) is 16.4. The number of carbonyl (C=O) groups excluding carboxylic acids is 1. The van der Waals surface area contributed by atoms with Gasteiger partial charge in [0.05, 0.1) is 11.0 Å². The van der Waals surface area contributed by atoms with Crippen LogP contribution >= 0.6 is 23.5 Å². The van der Waals surface area contributed by atoms with Gasteiger partial charge in [-0.15, -0.1) is 23.5 Å². The predicted octanol–water partition coefficient (Wildman–Crippen LogP) is 3.86. The monoisotopic (exact) mass is 341 g/mol. The summed E-state index contributed by atoms with van der Waals surface area (Å²) in [6.07, 6.45) is 2.26. The molecule has 1 aromatic rings. The molecule has 0 bridgehead atoms. The highest BCUT2D eigenvalue weighted by atomic mass is 32.2. The lowest BCUT2D eigenvalue weighted by Gasteiger charge is -2.12. The van der Waals surface area contributed by atoms with Gasteiger partial charge in [0.2, 0.25) is 5.91 Å². The zero-order valence-corrected chi connectivity index (χ0v) is 14.6. The average Bonchev–Trinajstić information content (AvgIpc) is 2.47. The Morgan fingerprint density at radius 3 is 2.82 bits per heavy atom. The van der Waals surface area contributed by atoms with Gasteiger partial charge in [-0.2, -0.15) is 0 Å². The molecule has 1 atom stereocenters. The lowest BCUT2D eigenvalue weighted by atomic mass is 10.2. The zero-order valence-electron chi connectivity index (χ0n) is 13.0. The molecule has 0 radical (unpaired) electrons. The fourth-order valence-electron chi connectivity index (χ4n) is 1.72. The number of carboxylic acids is 1. The van der Waals surface area contributed by atoms with Crippen molar-refractivity contribution in [2.75, 3.05) is 16.8 Å². The number of nitrogens with one attached hydrogen (secondary N) is 1. The number of thioether (sulfide) groups is 2. The standard InChI is InChI=1S/C16H23NO3S2/c1-3-4-8-22-12(2)16(20)17-14-7-5-6-13(9-14)10-21-11-15(18)19/h5-7,9,12H,3-4,8,10-11H2,1-2H3,(H,17,20)(H,18,19). The van der Waals surface area contributed by atoms with E-state index in [9.17, 15) is 9.59 Å². The number of benzene rings is 1. The number of carbonyl (C=O) groups is 2. The van der Waals surface area contributed by atoms with Crippen molar-refractivity contribution in [3.8, 4) is 0 Å². The Kier molecular flexibility index (Phi) is 9.08. The number of hydrogen-bond donors (Lipinski definition) is 2. The second-order valence-electron chi connectivity index (χ2n) is 4.94. The molecule has 4 nitrogen and oxygen atoms in total. The Labute approximate surface area is 140 Å². The van der Waals surface area contributed by atoms with E-state index >= 15 is 0 Å². The van der Waals surface area contributed by atoms with Crippen molar-refractivity contribution in [3.63, 3.8) is 0 Å². The van der Waals surface area contributed by atoms with Crippen molar-refractivity contribution in [1.82, 2.24) is 0 Å². The van der Waals surface area contributed by atoms with Crippen LogP contribution in [-0.2, 0) is 15.3 Å². The molecule has 0 aliphatic carbocycles. The van der Waals surface area contributed by atoms with E-state index in [4.69, 9.17) is 5.11 Å². The van der Waals surface area contributed by atoms with Crippen molar-refractivity contribution >= 4 is 41.1 Å². The predicted molar refractivity (Wildman–Crippen MR) is 95.7 cm³/mol. The summed E-state index contributed by atoms with van der Waals surface area (Å²) < 4.78 is 0. The summed E-state index contributed by atoms with van der Waals surface area (Å²) in [7, 11) is 0. The van der Waals surface area contributed by atoms with Crippen LogP contribution < -0.4 is 5.32 Å². The number of rotatable bonds is 10. The summed E-state index contributed by atoms with van der Waals surface area (Å²) >= 11 is 3.01. The lowest BCUT2D eigenvalue weighted by Crippen LogP contribution is -2.22. The first-order valence-corrected chi connectivity index (χ1v) is 9.54. The first-order chi connectivity index (χ1) is 10.5. The maximum absolute atomic E-state index is 12.1. The minimum Gasteiger partial charge on any atom is -0.481 e. The molecule has 0 spiro atoms. The number of hydrogen-bond acceptors (Lipinski definition) is 4. The summed E-state index contributed by atoms with van der Waals surface area (Å²) in [5, 5.41) is 11.5. The summed E-state index contributed by atoms with van der Waals surface area (Å²) in [5.74, 6) is 0.902. The van der Waals surface area contributed by atoms with E-state index in [1.165, 1.54) is 11.8 Å². The molecular weight excluding hydrogens is 318 g/mol. The van der Waals surface area contributed by atoms with Crippen LogP contribution in [0, 0.1) is 0 Å². The molecule has 0 fully saturated rings. The van der Waals surface area contributed by atoms with E-state index in [2.05, 4.69) is 12.2 Å². The van der Waals surface area contributed by atoms with Crippen LogP contribution in [0.15, 0.2) is 24.3 Å². The summed E-state index contributed by atoms with van der Waals surface area (Å²) in [6.45, 7) is 4.06. The van der Waals surface area contributed by atoms with E-state index in [1.807, 2.05) is 31.2 Å². The van der Waals surface area contributed by atoms with Crippen LogP contribution in [0.3, 0.4) is 0 Å². The first-order valence-electron chi connectivity index (χ1n) is 7.34. The van der Waals surface area contributed by atoms with E-state index in [1.54, 1.807) is 11.8 Å². The van der Waals surface area contributed by atoms with Crippen molar-refractivity contribution in [1.29, 1.82) is 0 Å². The average molecular weight is 341 g/mol. The molecule has 122 valence electrons. The number of aliphatic carboxylic acids is 1. The molecule has 0 aromatic heterocycles. The minimum absolute atomic E-state index is 0.0106. The molecule has 22 heavy (non-hydrogen) atoms. The van der Waals surface area contributed by atoms with Crippen LogP contribution in [-0.4, -0.2) is 33.7 Å².